The van der Waals surface area contributed by atoms with Gasteiger partial charge in [-0.25, -0.2) is 4.79 Å². The molecule has 0 amide bonds. The van der Waals surface area contributed by atoms with Crippen molar-refractivity contribution in [1.29, 1.82) is 0 Å². The Hall–Kier alpha value is -1.07. The van der Waals surface area contributed by atoms with Crippen LogP contribution >= 0.6 is 15.9 Å². The molecular weight excluding hydrogens is 274 g/mol. The summed E-state index contributed by atoms with van der Waals surface area (Å²) in [7, 11) is 0. The Morgan fingerprint density at radius 1 is 1.56 bits per heavy atom. The Balaban J connectivity index is 2.72. The van der Waals surface area contributed by atoms with E-state index in [1.165, 1.54) is 0 Å². The van der Waals surface area contributed by atoms with Crippen molar-refractivity contribution >= 4 is 27.6 Å². The van der Waals surface area contributed by atoms with Gasteiger partial charge < -0.3 is 15.5 Å². The van der Waals surface area contributed by atoms with Crippen molar-refractivity contribution in [2.45, 2.75) is 6.92 Å². The van der Waals surface area contributed by atoms with E-state index in [0.29, 0.717) is 11.0 Å². The van der Waals surface area contributed by atoms with Gasteiger partial charge in [0.05, 0.1) is 5.56 Å². The lowest BCUT2D eigenvalue weighted by Gasteiger charge is -2.12. The Bertz CT molecular complexity index is 381. The zero-order valence-electron chi connectivity index (χ0n) is 8.90. The van der Waals surface area contributed by atoms with E-state index in [0.717, 1.165) is 5.69 Å². The van der Waals surface area contributed by atoms with Gasteiger partial charge in [-0.2, -0.15) is 0 Å². The number of aliphatic hydroxyl groups excluding tert-OH is 1. The Morgan fingerprint density at radius 3 is 2.75 bits per heavy atom. The smallest absolute Gasteiger partial charge is 0.335 e. The van der Waals surface area contributed by atoms with Crippen LogP contribution in [0.25, 0.3) is 0 Å². The van der Waals surface area contributed by atoms with Crippen molar-refractivity contribution in [3.63, 3.8) is 0 Å². The molecule has 1 atom stereocenters. The van der Waals surface area contributed by atoms with Crippen LogP contribution in [0.4, 0.5) is 5.69 Å². The number of hydrogen-bond donors (Lipinski definition) is 3. The second-order valence-electron chi connectivity index (χ2n) is 3.67. The molecule has 0 saturated carbocycles. The van der Waals surface area contributed by atoms with Crippen LogP contribution < -0.4 is 5.32 Å². The summed E-state index contributed by atoms with van der Waals surface area (Å²) in [6.45, 7) is 2.69. The highest BCUT2D eigenvalue weighted by atomic mass is 79.9. The third-order valence-corrected chi connectivity index (χ3v) is 2.82. The van der Waals surface area contributed by atoms with Gasteiger partial charge in [-0.15, -0.1) is 0 Å². The minimum atomic E-state index is -0.948. The van der Waals surface area contributed by atoms with E-state index in [2.05, 4.69) is 21.2 Å². The van der Waals surface area contributed by atoms with Crippen molar-refractivity contribution in [2.24, 2.45) is 5.92 Å². The average Bonchev–Trinajstić information content (AvgIpc) is 2.26. The van der Waals surface area contributed by atoms with Gasteiger partial charge >= 0.3 is 5.97 Å². The summed E-state index contributed by atoms with van der Waals surface area (Å²) in [6, 6.07) is 4.80. The minimum Gasteiger partial charge on any atom is -0.478 e. The van der Waals surface area contributed by atoms with E-state index >= 15 is 0 Å². The van der Waals surface area contributed by atoms with E-state index in [-0.39, 0.29) is 18.1 Å². The van der Waals surface area contributed by atoms with Crippen molar-refractivity contribution < 1.29 is 15.0 Å². The zero-order valence-corrected chi connectivity index (χ0v) is 10.5. The quantitative estimate of drug-likeness (QED) is 0.776. The van der Waals surface area contributed by atoms with Crippen LogP contribution in [0.1, 0.15) is 17.3 Å². The number of carboxylic acids is 1. The summed E-state index contributed by atoms with van der Waals surface area (Å²) in [5, 5.41) is 20.8. The number of carboxylic acid groups (broad SMARTS) is 1. The predicted molar refractivity (Wildman–Crippen MR) is 65.8 cm³/mol. The van der Waals surface area contributed by atoms with Crippen molar-refractivity contribution in [1.82, 2.24) is 0 Å². The third-order valence-electron chi connectivity index (χ3n) is 2.17. The summed E-state index contributed by atoms with van der Waals surface area (Å²) in [6.07, 6.45) is 0. The SMILES string of the molecule is CC(CO)CNc1ccc(C(=O)O)cc1Br. The monoisotopic (exact) mass is 287 g/mol. The van der Waals surface area contributed by atoms with Crippen LogP contribution in [-0.4, -0.2) is 29.3 Å². The molecule has 4 nitrogen and oxygen atoms in total. The van der Waals surface area contributed by atoms with Crippen LogP contribution in [0.3, 0.4) is 0 Å². The molecule has 1 unspecified atom stereocenters. The molecule has 0 aromatic heterocycles. The Kier molecular flexibility index (Phi) is 4.76. The van der Waals surface area contributed by atoms with Gasteiger partial charge in [0.25, 0.3) is 0 Å². The first-order valence-corrected chi connectivity index (χ1v) is 5.71. The van der Waals surface area contributed by atoms with Gasteiger partial charge in [-0.05, 0) is 40.0 Å². The van der Waals surface area contributed by atoms with Gasteiger partial charge in [-0.1, -0.05) is 6.92 Å². The van der Waals surface area contributed by atoms with E-state index in [1.54, 1.807) is 18.2 Å². The summed E-state index contributed by atoms with van der Waals surface area (Å²) < 4.78 is 0.706. The average molecular weight is 288 g/mol. The summed E-state index contributed by atoms with van der Waals surface area (Å²) in [5.41, 5.74) is 1.07. The van der Waals surface area contributed by atoms with Crippen LogP contribution in [-0.2, 0) is 0 Å². The van der Waals surface area contributed by atoms with E-state index < -0.39 is 5.97 Å². The largest absolute Gasteiger partial charge is 0.478 e. The molecule has 5 heteroatoms. The molecule has 88 valence electrons. The lowest BCUT2D eigenvalue weighted by atomic mass is 10.2. The predicted octanol–water partition coefficient (Wildman–Crippen LogP) is 2.19. The second kappa shape index (κ2) is 5.86. The lowest BCUT2D eigenvalue weighted by Crippen LogP contribution is -2.14. The number of benzene rings is 1. The van der Waals surface area contributed by atoms with Crippen molar-refractivity contribution in [2.75, 3.05) is 18.5 Å². The van der Waals surface area contributed by atoms with Gasteiger partial charge in [0, 0.05) is 23.3 Å². The first kappa shape index (κ1) is 13.0. The Labute approximate surface area is 102 Å². The molecule has 16 heavy (non-hydrogen) atoms. The number of hydrogen-bond acceptors (Lipinski definition) is 3. The minimum absolute atomic E-state index is 0.123. The number of nitrogens with one attached hydrogen (secondary N) is 1. The maximum atomic E-state index is 10.7. The van der Waals surface area contributed by atoms with Crippen molar-refractivity contribution in [3.8, 4) is 0 Å². The molecule has 3 N–H and O–H groups in total. The highest BCUT2D eigenvalue weighted by Gasteiger charge is 2.07. The molecule has 0 spiro atoms. The molecule has 0 aliphatic carbocycles. The van der Waals surface area contributed by atoms with Crippen molar-refractivity contribution in [3.05, 3.63) is 28.2 Å². The topological polar surface area (TPSA) is 69.6 Å². The van der Waals surface area contributed by atoms with Crippen LogP contribution in [0, 0.1) is 5.92 Å². The standard InChI is InChI=1S/C11H14BrNO3/c1-7(6-14)5-13-10-3-2-8(11(15)16)4-9(10)12/h2-4,7,13-14H,5-6H2,1H3,(H,15,16). The highest BCUT2D eigenvalue weighted by Crippen LogP contribution is 2.23. The maximum absolute atomic E-state index is 10.7. The number of rotatable bonds is 5. The fourth-order valence-electron chi connectivity index (χ4n) is 1.14. The summed E-state index contributed by atoms with van der Waals surface area (Å²) in [4.78, 5) is 10.7. The zero-order chi connectivity index (χ0) is 12.1. The third kappa shape index (κ3) is 3.50. The molecule has 0 heterocycles. The molecule has 1 aromatic carbocycles. The maximum Gasteiger partial charge on any atom is 0.335 e. The Morgan fingerprint density at radius 2 is 2.25 bits per heavy atom. The number of anilines is 1. The molecule has 0 aliphatic rings. The van der Waals surface area contributed by atoms with Crippen LogP contribution in [0.2, 0.25) is 0 Å². The van der Waals surface area contributed by atoms with Crippen LogP contribution in [0.15, 0.2) is 22.7 Å². The van der Waals surface area contributed by atoms with E-state index in [4.69, 9.17) is 10.2 Å². The molecule has 0 radical (unpaired) electrons. The molecule has 0 aliphatic heterocycles. The van der Waals surface area contributed by atoms with Gasteiger partial charge in [-0.3, -0.25) is 0 Å². The molecule has 0 bridgehead atoms. The first-order valence-electron chi connectivity index (χ1n) is 4.92. The van der Waals surface area contributed by atoms with Gasteiger partial charge in [0.15, 0.2) is 0 Å². The molecule has 1 rings (SSSR count). The van der Waals surface area contributed by atoms with E-state index in [9.17, 15) is 4.79 Å². The molecule has 0 fully saturated rings. The van der Waals surface area contributed by atoms with Gasteiger partial charge in [0.2, 0.25) is 0 Å². The number of aromatic carboxylic acids is 1. The molecule has 1 aromatic rings. The second-order valence-corrected chi connectivity index (χ2v) is 4.52. The normalized spacial score (nSPS) is 12.2. The molecular formula is C11H14BrNO3. The fourth-order valence-corrected chi connectivity index (χ4v) is 1.66. The van der Waals surface area contributed by atoms with Crippen LogP contribution in [0.5, 0.6) is 0 Å². The highest BCUT2D eigenvalue weighted by molar-refractivity contribution is 9.10. The number of aliphatic hydroxyl groups is 1. The number of halogens is 1. The van der Waals surface area contributed by atoms with Gasteiger partial charge in [0.1, 0.15) is 0 Å². The first-order chi connectivity index (χ1) is 7.54. The lowest BCUT2D eigenvalue weighted by molar-refractivity contribution is 0.0697. The summed E-state index contributed by atoms with van der Waals surface area (Å²) in [5.74, 6) is -0.790. The van der Waals surface area contributed by atoms with E-state index in [1.807, 2.05) is 6.92 Å². The summed E-state index contributed by atoms with van der Waals surface area (Å²) >= 11 is 3.30. The molecule has 0 saturated heterocycles. The fraction of sp³-hybridized carbons (Fsp3) is 0.364. The number of carbonyl (C=O) groups is 1.